The van der Waals surface area contributed by atoms with Crippen molar-refractivity contribution in [2.45, 2.75) is 25.9 Å². The lowest BCUT2D eigenvalue weighted by molar-refractivity contribution is -0.125. The third-order valence-corrected chi connectivity index (χ3v) is 3.17. The van der Waals surface area contributed by atoms with E-state index in [1.165, 1.54) is 0 Å². The summed E-state index contributed by atoms with van der Waals surface area (Å²) >= 11 is 0. The zero-order valence-electron chi connectivity index (χ0n) is 9.57. The fourth-order valence-electron chi connectivity index (χ4n) is 2.13. The molecule has 0 saturated carbocycles. The van der Waals surface area contributed by atoms with E-state index in [1.54, 1.807) is 0 Å². The van der Waals surface area contributed by atoms with Crippen molar-refractivity contribution in [1.82, 2.24) is 10.6 Å². The van der Waals surface area contributed by atoms with Gasteiger partial charge in [0.05, 0.1) is 5.92 Å². The zero-order chi connectivity index (χ0) is 11.4. The van der Waals surface area contributed by atoms with Crippen LogP contribution in [0.25, 0.3) is 0 Å². The topological polar surface area (TPSA) is 41.1 Å². The third kappa shape index (κ3) is 2.61. The Morgan fingerprint density at radius 3 is 2.81 bits per heavy atom. The smallest absolute Gasteiger partial charge is 0.224 e. The van der Waals surface area contributed by atoms with Crippen molar-refractivity contribution >= 4 is 5.91 Å². The molecule has 2 atom stereocenters. The first-order valence-corrected chi connectivity index (χ1v) is 5.82. The van der Waals surface area contributed by atoms with Crippen molar-refractivity contribution < 1.29 is 4.79 Å². The Morgan fingerprint density at radius 1 is 1.44 bits per heavy atom. The van der Waals surface area contributed by atoms with E-state index >= 15 is 0 Å². The second-order valence-electron chi connectivity index (χ2n) is 4.34. The van der Waals surface area contributed by atoms with Gasteiger partial charge in [-0.2, -0.15) is 0 Å². The van der Waals surface area contributed by atoms with E-state index in [0.717, 1.165) is 18.5 Å². The largest absolute Gasteiger partial charge is 0.352 e. The van der Waals surface area contributed by atoms with Crippen LogP contribution in [0.3, 0.4) is 0 Å². The lowest BCUT2D eigenvalue weighted by atomic mass is 10.0. The normalized spacial score (nSPS) is 24.3. The summed E-state index contributed by atoms with van der Waals surface area (Å²) in [5.74, 6) is 0.296. The molecule has 16 heavy (non-hydrogen) atoms. The molecule has 1 heterocycles. The van der Waals surface area contributed by atoms with Crippen LogP contribution in [0.5, 0.6) is 0 Å². The van der Waals surface area contributed by atoms with Crippen LogP contribution in [-0.4, -0.2) is 18.5 Å². The number of carbonyl (C=O) groups excluding carboxylic acids is 1. The average Bonchev–Trinajstić information content (AvgIpc) is 2.74. The molecule has 86 valence electrons. The van der Waals surface area contributed by atoms with E-state index in [0.29, 0.717) is 12.6 Å². The van der Waals surface area contributed by atoms with E-state index in [9.17, 15) is 4.79 Å². The van der Waals surface area contributed by atoms with Gasteiger partial charge in [0.15, 0.2) is 0 Å². The third-order valence-electron chi connectivity index (χ3n) is 3.17. The fourth-order valence-corrected chi connectivity index (χ4v) is 2.13. The van der Waals surface area contributed by atoms with E-state index < -0.39 is 0 Å². The Balaban J connectivity index is 1.84. The summed E-state index contributed by atoms with van der Waals surface area (Å²) in [6.45, 7) is 3.65. The highest BCUT2D eigenvalue weighted by molar-refractivity contribution is 5.79. The van der Waals surface area contributed by atoms with Crippen LogP contribution in [0.2, 0.25) is 0 Å². The lowest BCUT2D eigenvalue weighted by Gasteiger charge is -2.14. The van der Waals surface area contributed by atoms with Gasteiger partial charge in [-0.25, -0.2) is 0 Å². The Kier molecular flexibility index (Phi) is 3.57. The van der Waals surface area contributed by atoms with Crippen LogP contribution in [0.15, 0.2) is 30.3 Å². The number of benzene rings is 1. The van der Waals surface area contributed by atoms with Crippen molar-refractivity contribution in [2.24, 2.45) is 5.92 Å². The number of hydrogen-bond donors (Lipinski definition) is 2. The molecule has 0 spiro atoms. The van der Waals surface area contributed by atoms with Gasteiger partial charge in [0.1, 0.15) is 0 Å². The van der Waals surface area contributed by atoms with Crippen LogP contribution < -0.4 is 10.6 Å². The van der Waals surface area contributed by atoms with E-state index in [1.807, 2.05) is 30.3 Å². The predicted octanol–water partition coefficient (Wildman–Crippen LogP) is 1.30. The molecule has 1 aliphatic heterocycles. The van der Waals surface area contributed by atoms with Crippen molar-refractivity contribution in [1.29, 1.82) is 0 Å². The summed E-state index contributed by atoms with van der Waals surface area (Å²) in [6, 6.07) is 10.3. The Hall–Kier alpha value is -1.35. The van der Waals surface area contributed by atoms with Crippen molar-refractivity contribution in [3.63, 3.8) is 0 Å². The lowest BCUT2D eigenvalue weighted by Crippen LogP contribution is -2.36. The van der Waals surface area contributed by atoms with Crippen LogP contribution in [-0.2, 0) is 11.3 Å². The molecule has 2 N–H and O–H groups in total. The highest BCUT2D eigenvalue weighted by atomic mass is 16.1. The van der Waals surface area contributed by atoms with Gasteiger partial charge in [0, 0.05) is 12.6 Å². The molecular formula is C13H18N2O. The summed E-state index contributed by atoms with van der Waals surface area (Å²) in [5, 5.41) is 6.28. The van der Waals surface area contributed by atoms with Crippen LogP contribution in [0.4, 0.5) is 0 Å². The number of amides is 1. The van der Waals surface area contributed by atoms with Crippen LogP contribution in [0, 0.1) is 5.92 Å². The number of carbonyl (C=O) groups is 1. The molecular weight excluding hydrogens is 200 g/mol. The first kappa shape index (κ1) is 11.1. The summed E-state index contributed by atoms with van der Waals surface area (Å²) < 4.78 is 0. The number of nitrogens with one attached hydrogen (secondary N) is 2. The molecule has 1 saturated heterocycles. The molecule has 0 aliphatic carbocycles. The summed E-state index contributed by atoms with van der Waals surface area (Å²) in [7, 11) is 0. The van der Waals surface area contributed by atoms with Crippen molar-refractivity contribution in [3.8, 4) is 0 Å². The van der Waals surface area contributed by atoms with E-state index in [-0.39, 0.29) is 11.8 Å². The van der Waals surface area contributed by atoms with Gasteiger partial charge in [-0.1, -0.05) is 30.3 Å². The molecule has 1 aromatic carbocycles. The average molecular weight is 218 g/mol. The molecule has 0 bridgehead atoms. The van der Waals surface area contributed by atoms with Gasteiger partial charge >= 0.3 is 0 Å². The predicted molar refractivity (Wildman–Crippen MR) is 63.9 cm³/mol. The second-order valence-corrected chi connectivity index (χ2v) is 4.34. The quantitative estimate of drug-likeness (QED) is 0.803. The maximum Gasteiger partial charge on any atom is 0.224 e. The first-order valence-electron chi connectivity index (χ1n) is 5.82. The minimum atomic E-state index is 0.128. The standard InChI is InChI=1S/C13H18N2O/c1-10-12(7-8-14-10)13(16)15-9-11-5-3-2-4-6-11/h2-6,10,12,14H,7-9H2,1H3,(H,15,16). The highest BCUT2D eigenvalue weighted by Crippen LogP contribution is 2.15. The molecule has 2 rings (SSSR count). The van der Waals surface area contributed by atoms with Crippen molar-refractivity contribution in [3.05, 3.63) is 35.9 Å². The van der Waals surface area contributed by atoms with E-state index in [2.05, 4.69) is 17.6 Å². The Bertz CT molecular complexity index is 350. The summed E-state index contributed by atoms with van der Waals surface area (Å²) in [4.78, 5) is 11.9. The minimum absolute atomic E-state index is 0.128. The second kappa shape index (κ2) is 5.12. The molecule has 0 radical (unpaired) electrons. The molecule has 3 nitrogen and oxygen atoms in total. The summed E-state index contributed by atoms with van der Waals surface area (Å²) in [6.07, 6.45) is 0.946. The van der Waals surface area contributed by atoms with Crippen LogP contribution in [0.1, 0.15) is 18.9 Å². The first-order chi connectivity index (χ1) is 7.77. The van der Waals surface area contributed by atoms with Gasteiger partial charge in [0.25, 0.3) is 0 Å². The molecule has 1 fully saturated rings. The van der Waals surface area contributed by atoms with Gasteiger partial charge in [-0.15, -0.1) is 0 Å². The maximum atomic E-state index is 11.9. The monoisotopic (exact) mass is 218 g/mol. The molecule has 1 amide bonds. The highest BCUT2D eigenvalue weighted by Gasteiger charge is 2.28. The van der Waals surface area contributed by atoms with Crippen molar-refractivity contribution in [2.75, 3.05) is 6.54 Å². The van der Waals surface area contributed by atoms with Gasteiger partial charge in [-0.3, -0.25) is 4.79 Å². The molecule has 1 aliphatic rings. The molecule has 3 heteroatoms. The Labute approximate surface area is 96.2 Å². The van der Waals surface area contributed by atoms with Gasteiger partial charge in [0.2, 0.25) is 5.91 Å². The molecule has 0 aromatic heterocycles. The maximum absolute atomic E-state index is 11.9. The van der Waals surface area contributed by atoms with Gasteiger partial charge in [-0.05, 0) is 25.5 Å². The van der Waals surface area contributed by atoms with Gasteiger partial charge < -0.3 is 10.6 Å². The molecule has 1 aromatic rings. The summed E-state index contributed by atoms with van der Waals surface area (Å²) in [5.41, 5.74) is 1.15. The van der Waals surface area contributed by atoms with E-state index in [4.69, 9.17) is 0 Å². The number of hydrogen-bond acceptors (Lipinski definition) is 2. The zero-order valence-corrected chi connectivity index (χ0v) is 9.57. The SMILES string of the molecule is CC1NCCC1C(=O)NCc1ccccc1. The minimum Gasteiger partial charge on any atom is -0.352 e. The molecule has 2 unspecified atom stereocenters. The number of rotatable bonds is 3. The fraction of sp³-hybridized carbons (Fsp3) is 0.462. The Morgan fingerprint density at radius 2 is 2.19 bits per heavy atom. The van der Waals surface area contributed by atoms with Crippen LogP contribution >= 0.6 is 0 Å².